The molecule has 3 heteroatoms. The van der Waals surface area contributed by atoms with Gasteiger partial charge in [0.05, 0.1) is 3.79 Å². The summed E-state index contributed by atoms with van der Waals surface area (Å²) in [6.45, 7) is 0. The lowest BCUT2D eigenvalue weighted by Gasteiger charge is -1.81. The van der Waals surface area contributed by atoms with Gasteiger partial charge in [0.2, 0.25) is 0 Å². The highest BCUT2D eigenvalue weighted by atomic mass is 79.9. The lowest BCUT2D eigenvalue weighted by molar-refractivity contribution is 1.37. The molecule has 0 aliphatic heterocycles. The summed E-state index contributed by atoms with van der Waals surface area (Å²) in [4.78, 5) is 4.01. The molecule has 0 atom stereocenters. The number of nitrogens with zero attached hydrogens (tertiary/aromatic N) is 1. The van der Waals surface area contributed by atoms with Crippen molar-refractivity contribution >= 4 is 37.4 Å². The molecule has 1 nitrogen and oxygen atoms in total. The summed E-state index contributed by atoms with van der Waals surface area (Å²) in [5.74, 6) is 0. The van der Waals surface area contributed by atoms with Gasteiger partial charge >= 0.3 is 0 Å². The van der Waals surface area contributed by atoms with Crippen LogP contribution in [-0.2, 0) is 0 Å². The summed E-state index contributed by atoms with van der Waals surface area (Å²) < 4.78 is 2.44. The first-order valence-corrected chi connectivity index (χ1v) is 4.46. The Morgan fingerprint density at radius 2 is 2.40 bits per heavy atom. The molecule has 2 aromatic rings. The van der Waals surface area contributed by atoms with Crippen molar-refractivity contribution in [3.05, 3.63) is 28.3 Å². The molecular formula is C7H4BrNS. The van der Waals surface area contributed by atoms with Gasteiger partial charge in [0.1, 0.15) is 0 Å². The van der Waals surface area contributed by atoms with Crippen molar-refractivity contribution in [2.45, 2.75) is 0 Å². The van der Waals surface area contributed by atoms with Crippen molar-refractivity contribution < 1.29 is 0 Å². The number of thiophene rings is 1. The smallest absolute Gasteiger partial charge is 0.0711 e. The van der Waals surface area contributed by atoms with E-state index in [9.17, 15) is 0 Å². The molecule has 0 aliphatic carbocycles. The van der Waals surface area contributed by atoms with Gasteiger partial charge in [-0.25, -0.2) is 0 Å². The van der Waals surface area contributed by atoms with E-state index in [0.717, 1.165) is 3.79 Å². The number of pyridine rings is 1. The molecule has 2 aromatic heterocycles. The minimum absolute atomic E-state index is 1.16. The number of aromatic nitrogens is 1. The normalized spacial score (nSPS) is 10.5. The van der Waals surface area contributed by atoms with Crippen LogP contribution >= 0.6 is 27.3 Å². The number of rotatable bonds is 0. The van der Waals surface area contributed by atoms with Gasteiger partial charge in [0, 0.05) is 22.5 Å². The first-order valence-electron chi connectivity index (χ1n) is 2.85. The van der Waals surface area contributed by atoms with Crippen molar-refractivity contribution in [2.75, 3.05) is 0 Å². The summed E-state index contributed by atoms with van der Waals surface area (Å²) in [5, 5.41) is 1.21. The zero-order valence-corrected chi connectivity index (χ0v) is 7.45. The second-order valence-electron chi connectivity index (χ2n) is 1.96. The van der Waals surface area contributed by atoms with E-state index in [1.54, 1.807) is 11.3 Å². The van der Waals surface area contributed by atoms with E-state index in [2.05, 4.69) is 27.0 Å². The van der Waals surface area contributed by atoms with E-state index in [1.165, 1.54) is 10.1 Å². The predicted molar refractivity (Wildman–Crippen MR) is 47.3 cm³/mol. The third-order valence-corrected chi connectivity index (χ3v) is 2.91. The summed E-state index contributed by atoms with van der Waals surface area (Å²) in [7, 11) is 0. The highest BCUT2D eigenvalue weighted by molar-refractivity contribution is 9.11. The van der Waals surface area contributed by atoms with E-state index >= 15 is 0 Å². The topological polar surface area (TPSA) is 12.9 Å². The van der Waals surface area contributed by atoms with Crippen LogP contribution < -0.4 is 0 Å². The second kappa shape index (κ2) is 2.32. The fourth-order valence-electron chi connectivity index (χ4n) is 0.852. The average Bonchev–Trinajstić information content (AvgIpc) is 2.27. The zero-order chi connectivity index (χ0) is 6.97. The van der Waals surface area contributed by atoms with Crippen molar-refractivity contribution in [2.24, 2.45) is 0 Å². The van der Waals surface area contributed by atoms with Crippen LogP contribution in [0.25, 0.3) is 10.1 Å². The molecule has 0 aliphatic rings. The Morgan fingerprint density at radius 3 is 3.20 bits per heavy atom. The van der Waals surface area contributed by atoms with Gasteiger partial charge in [0.25, 0.3) is 0 Å². The Bertz CT molecular complexity index is 322. The van der Waals surface area contributed by atoms with E-state index in [1.807, 2.05) is 18.5 Å². The first kappa shape index (κ1) is 6.31. The number of hydrogen-bond acceptors (Lipinski definition) is 2. The van der Waals surface area contributed by atoms with Gasteiger partial charge in [-0.1, -0.05) is 0 Å². The maximum Gasteiger partial charge on any atom is 0.0711 e. The average molecular weight is 214 g/mol. The lowest BCUT2D eigenvalue weighted by Crippen LogP contribution is -1.64. The van der Waals surface area contributed by atoms with E-state index in [-0.39, 0.29) is 0 Å². The van der Waals surface area contributed by atoms with Gasteiger partial charge in [-0.2, -0.15) is 0 Å². The highest BCUT2D eigenvalue weighted by Crippen LogP contribution is 2.28. The van der Waals surface area contributed by atoms with E-state index in [4.69, 9.17) is 0 Å². The van der Waals surface area contributed by atoms with E-state index in [0.29, 0.717) is 0 Å². The molecule has 0 radical (unpaired) electrons. The van der Waals surface area contributed by atoms with Crippen LogP contribution in [0.15, 0.2) is 28.3 Å². The van der Waals surface area contributed by atoms with Gasteiger partial charge in [0.15, 0.2) is 0 Å². The van der Waals surface area contributed by atoms with E-state index < -0.39 is 0 Å². The number of hydrogen-bond donors (Lipinski definition) is 0. The molecule has 0 saturated carbocycles. The Balaban J connectivity index is 2.88. The Hall–Kier alpha value is -0.410. The summed E-state index contributed by atoms with van der Waals surface area (Å²) in [6.07, 6.45) is 3.68. The van der Waals surface area contributed by atoms with Gasteiger partial charge in [-0.15, -0.1) is 11.3 Å². The van der Waals surface area contributed by atoms with Gasteiger partial charge < -0.3 is 0 Å². The van der Waals surface area contributed by atoms with Crippen LogP contribution in [0.2, 0.25) is 0 Å². The fourth-order valence-corrected chi connectivity index (χ4v) is 2.38. The molecule has 0 saturated heterocycles. The SMILES string of the molecule is Brc1cc2cnccc2s1. The standard InChI is InChI=1S/C7H4BrNS/c8-7-3-5-4-9-2-1-6(5)10-7/h1-4H. The van der Waals surface area contributed by atoms with Gasteiger partial charge in [-0.05, 0) is 28.1 Å². The first-order chi connectivity index (χ1) is 4.86. The van der Waals surface area contributed by atoms with Crippen molar-refractivity contribution in [1.29, 1.82) is 0 Å². The molecule has 0 unspecified atom stereocenters. The quantitative estimate of drug-likeness (QED) is 0.656. The maximum atomic E-state index is 4.01. The summed E-state index contributed by atoms with van der Waals surface area (Å²) in [6, 6.07) is 4.10. The summed E-state index contributed by atoms with van der Waals surface area (Å²) in [5.41, 5.74) is 0. The molecule has 0 amide bonds. The molecule has 2 heterocycles. The fraction of sp³-hybridized carbons (Fsp3) is 0. The largest absolute Gasteiger partial charge is 0.264 e. The molecule has 10 heavy (non-hydrogen) atoms. The third kappa shape index (κ3) is 0.954. The predicted octanol–water partition coefficient (Wildman–Crippen LogP) is 3.06. The van der Waals surface area contributed by atoms with Crippen LogP contribution in [0.4, 0.5) is 0 Å². The highest BCUT2D eigenvalue weighted by Gasteiger charge is 1.95. The third-order valence-electron chi connectivity index (χ3n) is 1.29. The van der Waals surface area contributed by atoms with Crippen LogP contribution in [0.5, 0.6) is 0 Å². The van der Waals surface area contributed by atoms with Gasteiger partial charge in [-0.3, -0.25) is 4.98 Å². The minimum atomic E-state index is 1.16. The van der Waals surface area contributed by atoms with Crippen molar-refractivity contribution in [1.82, 2.24) is 4.98 Å². The second-order valence-corrected chi connectivity index (χ2v) is 4.43. The molecule has 0 spiro atoms. The Kier molecular flexibility index (Phi) is 1.47. The molecule has 0 bridgehead atoms. The van der Waals surface area contributed by atoms with Crippen LogP contribution in [0, 0.1) is 0 Å². The number of halogens is 1. The zero-order valence-electron chi connectivity index (χ0n) is 5.04. The van der Waals surface area contributed by atoms with Crippen molar-refractivity contribution in [3.8, 4) is 0 Å². The maximum absolute atomic E-state index is 4.01. The minimum Gasteiger partial charge on any atom is -0.264 e. The molecular weight excluding hydrogens is 210 g/mol. The van der Waals surface area contributed by atoms with Crippen LogP contribution in [0.1, 0.15) is 0 Å². The molecule has 0 aromatic carbocycles. The molecule has 2 rings (SSSR count). The van der Waals surface area contributed by atoms with Crippen LogP contribution in [0.3, 0.4) is 0 Å². The van der Waals surface area contributed by atoms with Crippen LogP contribution in [-0.4, -0.2) is 4.98 Å². The molecule has 0 fully saturated rings. The monoisotopic (exact) mass is 213 g/mol. The number of fused-ring (bicyclic) bond motifs is 1. The molecule has 0 N–H and O–H groups in total. The summed E-state index contributed by atoms with van der Waals surface area (Å²) >= 11 is 5.14. The molecule has 50 valence electrons. The lowest BCUT2D eigenvalue weighted by atomic mass is 10.4. The van der Waals surface area contributed by atoms with Crippen molar-refractivity contribution in [3.63, 3.8) is 0 Å². The Labute approximate surface area is 70.8 Å². The Morgan fingerprint density at radius 1 is 1.50 bits per heavy atom.